The van der Waals surface area contributed by atoms with E-state index in [0.29, 0.717) is 12.5 Å². The molecule has 1 aromatic rings. The second kappa shape index (κ2) is 3.14. The van der Waals surface area contributed by atoms with E-state index in [1.54, 1.807) is 6.07 Å². The zero-order valence-electron chi connectivity index (χ0n) is 7.49. The van der Waals surface area contributed by atoms with Crippen molar-refractivity contribution >= 4 is 0 Å². The van der Waals surface area contributed by atoms with Crippen molar-refractivity contribution in [1.29, 1.82) is 5.26 Å². The van der Waals surface area contributed by atoms with Crippen molar-refractivity contribution in [3.63, 3.8) is 0 Å². The lowest BCUT2D eigenvalue weighted by atomic mass is 10.3. The molecule has 0 atom stereocenters. The zero-order chi connectivity index (χ0) is 10.1. The van der Waals surface area contributed by atoms with Crippen LogP contribution in [0.3, 0.4) is 0 Å². The van der Waals surface area contributed by atoms with Crippen LogP contribution >= 0.6 is 0 Å². The first-order valence-electron chi connectivity index (χ1n) is 4.45. The Morgan fingerprint density at radius 2 is 2.29 bits per heavy atom. The Balaban J connectivity index is 2.50. The molecular weight excluding hydrogens is 182 g/mol. The quantitative estimate of drug-likeness (QED) is 0.704. The van der Waals surface area contributed by atoms with Gasteiger partial charge in [0.15, 0.2) is 0 Å². The fourth-order valence-corrected chi connectivity index (χ4v) is 1.32. The van der Waals surface area contributed by atoms with Gasteiger partial charge in [-0.2, -0.15) is 5.26 Å². The maximum absolute atomic E-state index is 11.5. The predicted octanol–water partition coefficient (Wildman–Crippen LogP) is -0.182. The van der Waals surface area contributed by atoms with E-state index in [1.807, 2.05) is 0 Å². The van der Waals surface area contributed by atoms with Crippen molar-refractivity contribution in [3.8, 4) is 6.07 Å². The average Bonchev–Trinajstić information content (AvgIpc) is 2.96. The molecule has 1 aliphatic carbocycles. The fraction of sp³-hybridized carbons (Fsp3) is 0.444. The van der Waals surface area contributed by atoms with Crippen LogP contribution in [-0.4, -0.2) is 9.55 Å². The second-order valence-electron chi connectivity index (χ2n) is 3.48. The average molecular weight is 191 g/mol. The molecule has 2 rings (SSSR count). The van der Waals surface area contributed by atoms with Crippen LogP contribution in [0.15, 0.2) is 15.8 Å². The Bertz CT molecular complexity index is 502. The van der Waals surface area contributed by atoms with E-state index < -0.39 is 11.2 Å². The first kappa shape index (κ1) is 8.75. The molecule has 1 N–H and O–H groups in total. The summed E-state index contributed by atoms with van der Waals surface area (Å²) in [7, 11) is 0. The molecule has 1 heterocycles. The molecule has 72 valence electrons. The maximum Gasteiger partial charge on any atom is 0.328 e. The Kier molecular flexibility index (Phi) is 1.97. The van der Waals surface area contributed by atoms with Crippen LogP contribution in [0.25, 0.3) is 0 Å². The highest BCUT2D eigenvalue weighted by atomic mass is 16.2. The lowest BCUT2D eigenvalue weighted by molar-refractivity contribution is 0.573. The normalized spacial score (nSPS) is 15.1. The van der Waals surface area contributed by atoms with E-state index in [-0.39, 0.29) is 5.56 Å². The summed E-state index contributed by atoms with van der Waals surface area (Å²) >= 11 is 0. The molecule has 0 spiro atoms. The topological polar surface area (TPSA) is 78.7 Å². The lowest BCUT2D eigenvalue weighted by Gasteiger charge is -2.01. The number of aromatic amines is 1. The molecule has 1 aromatic heterocycles. The number of rotatable bonds is 2. The minimum absolute atomic E-state index is 0.00903. The largest absolute Gasteiger partial charge is 0.328 e. The number of nitrogens with zero attached hydrogens (tertiary/aromatic N) is 2. The first-order chi connectivity index (χ1) is 6.72. The van der Waals surface area contributed by atoms with Gasteiger partial charge in [0.25, 0.3) is 5.56 Å². The summed E-state index contributed by atoms with van der Waals surface area (Å²) in [5.41, 5.74) is -0.922. The van der Waals surface area contributed by atoms with E-state index in [9.17, 15) is 9.59 Å². The standard InChI is InChI=1S/C9H9N3O2/c10-3-7-4-11-9(14)12(8(7)13)5-6-1-2-6/h4,6H,1-2,5H2,(H,11,14). The van der Waals surface area contributed by atoms with Crippen LogP contribution in [0, 0.1) is 17.2 Å². The number of hydrogen-bond acceptors (Lipinski definition) is 3. The smallest absolute Gasteiger partial charge is 0.313 e. The summed E-state index contributed by atoms with van der Waals surface area (Å²) < 4.78 is 1.11. The van der Waals surface area contributed by atoms with Crippen molar-refractivity contribution in [1.82, 2.24) is 9.55 Å². The van der Waals surface area contributed by atoms with Gasteiger partial charge in [-0.15, -0.1) is 0 Å². The van der Waals surface area contributed by atoms with Crippen molar-refractivity contribution < 1.29 is 0 Å². The van der Waals surface area contributed by atoms with Crippen LogP contribution < -0.4 is 11.2 Å². The Hall–Kier alpha value is -1.83. The molecule has 1 saturated carbocycles. The number of hydrogen-bond donors (Lipinski definition) is 1. The molecule has 5 heteroatoms. The third-order valence-corrected chi connectivity index (χ3v) is 2.32. The van der Waals surface area contributed by atoms with Gasteiger partial charge in [0, 0.05) is 12.7 Å². The highest BCUT2D eigenvalue weighted by Gasteiger charge is 2.23. The summed E-state index contributed by atoms with van der Waals surface area (Å²) in [4.78, 5) is 25.2. The lowest BCUT2D eigenvalue weighted by Crippen LogP contribution is -2.36. The van der Waals surface area contributed by atoms with Gasteiger partial charge in [0.2, 0.25) is 0 Å². The summed E-state index contributed by atoms with van der Waals surface area (Å²) in [6.07, 6.45) is 3.28. The number of nitrogens with one attached hydrogen (secondary N) is 1. The third kappa shape index (κ3) is 1.46. The van der Waals surface area contributed by atoms with Crippen molar-refractivity contribution in [2.24, 2.45) is 5.92 Å². The Morgan fingerprint density at radius 1 is 1.57 bits per heavy atom. The first-order valence-corrected chi connectivity index (χ1v) is 4.45. The van der Waals surface area contributed by atoms with Crippen LogP contribution in [0.2, 0.25) is 0 Å². The molecule has 0 amide bonds. The molecule has 1 fully saturated rings. The molecular formula is C9H9N3O2. The summed E-state index contributed by atoms with van der Waals surface area (Å²) in [6, 6.07) is 1.75. The molecule has 0 saturated heterocycles. The number of H-pyrrole nitrogens is 1. The third-order valence-electron chi connectivity index (χ3n) is 2.32. The van der Waals surface area contributed by atoms with Gasteiger partial charge < -0.3 is 4.98 Å². The molecule has 0 aliphatic heterocycles. The van der Waals surface area contributed by atoms with E-state index >= 15 is 0 Å². The van der Waals surface area contributed by atoms with Crippen LogP contribution in [0.1, 0.15) is 18.4 Å². The van der Waals surface area contributed by atoms with Crippen LogP contribution in [0.5, 0.6) is 0 Å². The van der Waals surface area contributed by atoms with Gasteiger partial charge >= 0.3 is 5.69 Å². The van der Waals surface area contributed by atoms with Gasteiger partial charge in [-0.3, -0.25) is 9.36 Å². The molecule has 0 aromatic carbocycles. The highest BCUT2D eigenvalue weighted by molar-refractivity contribution is 5.21. The van der Waals surface area contributed by atoms with E-state index in [4.69, 9.17) is 5.26 Å². The van der Waals surface area contributed by atoms with Gasteiger partial charge in [0.1, 0.15) is 11.6 Å². The molecule has 5 nitrogen and oxygen atoms in total. The van der Waals surface area contributed by atoms with E-state index in [1.165, 1.54) is 0 Å². The van der Waals surface area contributed by atoms with Gasteiger partial charge in [-0.1, -0.05) is 0 Å². The zero-order valence-corrected chi connectivity index (χ0v) is 7.49. The molecule has 0 radical (unpaired) electrons. The minimum atomic E-state index is -0.483. The molecule has 1 aliphatic rings. The summed E-state index contributed by atoms with van der Waals surface area (Å²) in [5.74, 6) is 0.433. The summed E-state index contributed by atoms with van der Waals surface area (Å²) in [6.45, 7) is 0.434. The fourth-order valence-electron chi connectivity index (χ4n) is 1.32. The summed E-state index contributed by atoms with van der Waals surface area (Å²) in [5, 5.41) is 8.60. The minimum Gasteiger partial charge on any atom is -0.313 e. The Labute approximate surface area is 79.6 Å². The molecule has 14 heavy (non-hydrogen) atoms. The van der Waals surface area contributed by atoms with Crippen molar-refractivity contribution in [2.75, 3.05) is 0 Å². The predicted molar refractivity (Wildman–Crippen MR) is 48.8 cm³/mol. The van der Waals surface area contributed by atoms with E-state index in [0.717, 1.165) is 23.6 Å². The van der Waals surface area contributed by atoms with Crippen molar-refractivity contribution in [2.45, 2.75) is 19.4 Å². The second-order valence-corrected chi connectivity index (χ2v) is 3.48. The Morgan fingerprint density at radius 3 is 2.86 bits per heavy atom. The van der Waals surface area contributed by atoms with Crippen molar-refractivity contribution in [3.05, 3.63) is 32.6 Å². The maximum atomic E-state index is 11.5. The van der Waals surface area contributed by atoms with Gasteiger partial charge in [-0.25, -0.2) is 4.79 Å². The number of aromatic nitrogens is 2. The molecule has 0 bridgehead atoms. The van der Waals surface area contributed by atoms with E-state index in [2.05, 4.69) is 4.98 Å². The molecule has 0 unspecified atom stereocenters. The van der Waals surface area contributed by atoms with Gasteiger partial charge in [-0.05, 0) is 18.8 Å². The monoisotopic (exact) mass is 191 g/mol. The SMILES string of the molecule is N#Cc1c[nH]c(=O)n(CC2CC2)c1=O. The van der Waals surface area contributed by atoms with Gasteiger partial charge in [0.05, 0.1) is 0 Å². The number of nitriles is 1. The van der Waals surface area contributed by atoms with Crippen LogP contribution in [0.4, 0.5) is 0 Å². The highest BCUT2D eigenvalue weighted by Crippen LogP contribution is 2.29. The van der Waals surface area contributed by atoms with Crippen LogP contribution in [-0.2, 0) is 6.54 Å².